The molecule has 0 unspecified atom stereocenters. The van der Waals surface area contributed by atoms with Gasteiger partial charge in [0.1, 0.15) is 10.7 Å². The third-order valence-corrected chi connectivity index (χ3v) is 7.66. The van der Waals surface area contributed by atoms with Gasteiger partial charge in [0, 0.05) is 36.8 Å². The van der Waals surface area contributed by atoms with Gasteiger partial charge in [0.05, 0.1) is 17.6 Å². The van der Waals surface area contributed by atoms with Crippen molar-refractivity contribution in [2.24, 2.45) is 0 Å². The lowest BCUT2D eigenvalue weighted by atomic mass is 9.95. The second kappa shape index (κ2) is 8.28. The third-order valence-electron chi connectivity index (χ3n) is 5.69. The van der Waals surface area contributed by atoms with Crippen molar-refractivity contribution >= 4 is 10.0 Å². The zero-order chi connectivity index (χ0) is 21.3. The van der Waals surface area contributed by atoms with Crippen molar-refractivity contribution in [1.82, 2.24) is 19.1 Å². The Bertz CT molecular complexity index is 1140. The van der Waals surface area contributed by atoms with E-state index >= 15 is 0 Å². The number of hydrogen-bond donors (Lipinski definition) is 0. The first kappa shape index (κ1) is 20.7. The van der Waals surface area contributed by atoms with Gasteiger partial charge in [-0.05, 0) is 63.1 Å². The summed E-state index contributed by atoms with van der Waals surface area (Å²) in [6, 6.07) is 12.0. The molecule has 1 aliphatic rings. The minimum atomic E-state index is -3.61. The molecular formula is C22H25FN4O2S. The first-order chi connectivity index (χ1) is 14.4. The molecule has 8 heteroatoms. The average Bonchev–Trinajstić information content (AvgIpc) is 3.15. The lowest BCUT2D eigenvalue weighted by molar-refractivity contribution is 0.312. The van der Waals surface area contributed by atoms with Gasteiger partial charge in [-0.1, -0.05) is 6.07 Å². The molecule has 4 rings (SSSR count). The van der Waals surface area contributed by atoms with E-state index in [1.807, 2.05) is 25.1 Å². The van der Waals surface area contributed by atoms with Crippen molar-refractivity contribution in [2.45, 2.75) is 44.0 Å². The lowest BCUT2D eigenvalue weighted by Gasteiger charge is -2.31. The predicted molar refractivity (Wildman–Crippen MR) is 113 cm³/mol. The standard InChI is InChI=1S/C22H25FN4O2S/c1-3-27-16(2)22(14-24-27)30(28,29)26-13-5-6-18(15-26)21-8-4-7-20(25-21)17-9-11-19(23)12-10-17/h4,7-12,14,18H,3,5-6,13,15H2,1-2H3/t18-/m1/s1. The molecule has 1 fully saturated rings. The molecule has 2 aromatic heterocycles. The van der Waals surface area contributed by atoms with Crippen LogP contribution < -0.4 is 0 Å². The van der Waals surface area contributed by atoms with Crippen molar-refractivity contribution in [3.8, 4) is 11.3 Å². The smallest absolute Gasteiger partial charge is 0.246 e. The van der Waals surface area contributed by atoms with Crippen LogP contribution in [0.5, 0.6) is 0 Å². The van der Waals surface area contributed by atoms with E-state index < -0.39 is 10.0 Å². The van der Waals surface area contributed by atoms with E-state index in [4.69, 9.17) is 4.98 Å². The lowest BCUT2D eigenvalue weighted by Crippen LogP contribution is -2.39. The molecule has 158 valence electrons. The molecule has 0 radical (unpaired) electrons. The molecule has 0 amide bonds. The van der Waals surface area contributed by atoms with Crippen LogP contribution >= 0.6 is 0 Å². The molecule has 6 nitrogen and oxygen atoms in total. The number of pyridine rings is 1. The quantitative estimate of drug-likeness (QED) is 0.616. The Labute approximate surface area is 176 Å². The average molecular weight is 429 g/mol. The number of rotatable bonds is 5. The molecule has 0 bridgehead atoms. The summed E-state index contributed by atoms with van der Waals surface area (Å²) in [7, 11) is -3.61. The zero-order valence-electron chi connectivity index (χ0n) is 17.1. The summed E-state index contributed by atoms with van der Waals surface area (Å²) >= 11 is 0. The zero-order valence-corrected chi connectivity index (χ0v) is 17.9. The molecule has 30 heavy (non-hydrogen) atoms. The fourth-order valence-corrected chi connectivity index (χ4v) is 5.69. The summed E-state index contributed by atoms with van der Waals surface area (Å²) in [6.07, 6.45) is 3.09. The van der Waals surface area contributed by atoms with Crippen LogP contribution in [-0.4, -0.2) is 40.6 Å². The minimum absolute atomic E-state index is 0.00968. The maximum Gasteiger partial charge on any atom is 0.246 e. The second-order valence-corrected chi connectivity index (χ2v) is 9.47. The van der Waals surface area contributed by atoms with Crippen molar-refractivity contribution < 1.29 is 12.8 Å². The fourth-order valence-electron chi connectivity index (χ4n) is 4.00. The highest BCUT2D eigenvalue weighted by Gasteiger charge is 2.33. The van der Waals surface area contributed by atoms with Gasteiger partial charge in [-0.15, -0.1) is 0 Å². The molecule has 0 aliphatic carbocycles. The molecular weight excluding hydrogens is 403 g/mol. The van der Waals surface area contributed by atoms with Crippen LogP contribution in [0.15, 0.2) is 53.6 Å². The fraction of sp³-hybridized carbons (Fsp3) is 0.364. The number of nitrogens with zero attached hydrogens (tertiary/aromatic N) is 4. The molecule has 3 aromatic rings. The topological polar surface area (TPSA) is 68.1 Å². The number of benzene rings is 1. The van der Waals surface area contributed by atoms with E-state index in [1.54, 1.807) is 28.0 Å². The first-order valence-corrected chi connectivity index (χ1v) is 11.6. The van der Waals surface area contributed by atoms with Gasteiger partial charge in [-0.3, -0.25) is 9.67 Å². The Kier molecular flexibility index (Phi) is 5.71. The Balaban J connectivity index is 1.59. The number of aromatic nitrogens is 3. The highest BCUT2D eigenvalue weighted by molar-refractivity contribution is 7.89. The highest BCUT2D eigenvalue weighted by Crippen LogP contribution is 2.31. The van der Waals surface area contributed by atoms with Crippen molar-refractivity contribution in [2.75, 3.05) is 13.1 Å². The monoisotopic (exact) mass is 428 g/mol. The van der Waals surface area contributed by atoms with E-state index in [-0.39, 0.29) is 16.6 Å². The largest absolute Gasteiger partial charge is 0.269 e. The SMILES string of the molecule is CCn1ncc(S(=O)(=O)N2CCC[C@@H](c3cccc(-c4ccc(F)cc4)n3)C2)c1C. The Morgan fingerprint density at radius 2 is 1.93 bits per heavy atom. The normalized spacial score (nSPS) is 17.9. The second-order valence-electron chi connectivity index (χ2n) is 7.57. The Morgan fingerprint density at radius 3 is 2.63 bits per heavy atom. The Morgan fingerprint density at radius 1 is 1.17 bits per heavy atom. The van der Waals surface area contributed by atoms with Gasteiger partial charge in [-0.2, -0.15) is 9.40 Å². The molecule has 1 aliphatic heterocycles. The minimum Gasteiger partial charge on any atom is -0.269 e. The summed E-state index contributed by atoms with van der Waals surface area (Å²) in [6.45, 7) is 5.24. The van der Waals surface area contributed by atoms with Gasteiger partial charge >= 0.3 is 0 Å². The van der Waals surface area contributed by atoms with Crippen LogP contribution in [0.2, 0.25) is 0 Å². The van der Waals surface area contributed by atoms with Crippen LogP contribution in [0.4, 0.5) is 4.39 Å². The Hall–Kier alpha value is -2.58. The summed E-state index contributed by atoms with van der Waals surface area (Å²) in [5.74, 6) is -0.278. The molecule has 0 spiro atoms. The number of sulfonamides is 1. The molecule has 1 atom stereocenters. The maximum atomic E-state index is 13.3. The van der Waals surface area contributed by atoms with E-state index in [9.17, 15) is 12.8 Å². The van der Waals surface area contributed by atoms with E-state index in [1.165, 1.54) is 18.3 Å². The van der Waals surface area contributed by atoms with Crippen LogP contribution in [0, 0.1) is 12.7 Å². The molecule has 3 heterocycles. The van der Waals surface area contributed by atoms with Crippen molar-refractivity contribution in [3.05, 3.63) is 65.9 Å². The number of halogens is 1. The first-order valence-electron chi connectivity index (χ1n) is 10.2. The predicted octanol–water partition coefficient (Wildman–Crippen LogP) is 3.98. The summed E-state index contributed by atoms with van der Waals surface area (Å²) in [4.78, 5) is 5.04. The molecule has 1 aromatic carbocycles. The van der Waals surface area contributed by atoms with Crippen molar-refractivity contribution in [1.29, 1.82) is 0 Å². The molecule has 0 N–H and O–H groups in total. The van der Waals surface area contributed by atoms with Gasteiger partial charge in [-0.25, -0.2) is 12.8 Å². The van der Waals surface area contributed by atoms with E-state index in [0.29, 0.717) is 25.3 Å². The summed E-state index contributed by atoms with van der Waals surface area (Å²) < 4.78 is 43.0. The van der Waals surface area contributed by atoms with Gasteiger partial charge in [0.15, 0.2) is 0 Å². The number of piperidine rings is 1. The van der Waals surface area contributed by atoms with E-state index in [2.05, 4.69) is 5.10 Å². The van der Waals surface area contributed by atoms with Crippen LogP contribution in [0.1, 0.15) is 37.1 Å². The number of aryl methyl sites for hydroxylation is 1. The van der Waals surface area contributed by atoms with Gasteiger partial charge < -0.3 is 0 Å². The van der Waals surface area contributed by atoms with Gasteiger partial charge in [0.25, 0.3) is 0 Å². The van der Waals surface area contributed by atoms with Crippen LogP contribution in [0.25, 0.3) is 11.3 Å². The third kappa shape index (κ3) is 3.89. The van der Waals surface area contributed by atoms with Crippen molar-refractivity contribution in [3.63, 3.8) is 0 Å². The molecule has 1 saturated heterocycles. The maximum absolute atomic E-state index is 13.3. The van der Waals surface area contributed by atoms with Crippen LogP contribution in [0.3, 0.4) is 0 Å². The molecule has 0 saturated carbocycles. The van der Waals surface area contributed by atoms with E-state index in [0.717, 1.165) is 29.8 Å². The highest BCUT2D eigenvalue weighted by atomic mass is 32.2. The van der Waals surface area contributed by atoms with Crippen LogP contribution in [-0.2, 0) is 16.6 Å². The summed E-state index contributed by atoms with van der Waals surface area (Å²) in [5.41, 5.74) is 3.11. The summed E-state index contributed by atoms with van der Waals surface area (Å²) in [5, 5.41) is 4.20. The number of hydrogen-bond acceptors (Lipinski definition) is 4. The van der Waals surface area contributed by atoms with Gasteiger partial charge in [0.2, 0.25) is 10.0 Å².